The molecule has 0 atom stereocenters. The Kier molecular flexibility index (Phi) is 5.01. The van der Waals surface area contributed by atoms with Crippen molar-refractivity contribution in [2.75, 3.05) is 7.05 Å². The molecule has 7 heteroatoms. The number of hydrogen-bond acceptors (Lipinski definition) is 4. The second kappa shape index (κ2) is 6.76. The molecule has 5 nitrogen and oxygen atoms in total. The first-order valence-corrected chi connectivity index (χ1v) is 6.81. The van der Waals surface area contributed by atoms with Gasteiger partial charge in [0, 0.05) is 29.3 Å². The number of nitro groups is 1. The minimum absolute atomic E-state index is 0.0229. The van der Waals surface area contributed by atoms with Gasteiger partial charge in [-0.25, -0.2) is 0 Å². The van der Waals surface area contributed by atoms with Gasteiger partial charge in [0.25, 0.3) is 5.69 Å². The van der Waals surface area contributed by atoms with Crippen molar-refractivity contribution < 1.29 is 9.66 Å². The van der Waals surface area contributed by atoms with Crippen LogP contribution in [-0.4, -0.2) is 12.0 Å². The van der Waals surface area contributed by atoms with E-state index in [4.69, 9.17) is 27.9 Å². The number of halogens is 2. The number of hydrogen-bond donors (Lipinski definition) is 1. The van der Waals surface area contributed by atoms with Gasteiger partial charge in [-0.2, -0.15) is 0 Å². The highest BCUT2D eigenvalue weighted by Crippen LogP contribution is 2.33. The average Bonchev–Trinajstić information content (AvgIpc) is 2.41. The Morgan fingerprint density at radius 1 is 1.24 bits per heavy atom. The Balaban J connectivity index is 2.31. The van der Waals surface area contributed by atoms with E-state index in [1.807, 2.05) is 13.1 Å². The lowest BCUT2D eigenvalue weighted by atomic mass is 10.2. The minimum Gasteiger partial charge on any atom is -0.457 e. The van der Waals surface area contributed by atoms with E-state index < -0.39 is 4.92 Å². The molecule has 0 aliphatic heterocycles. The van der Waals surface area contributed by atoms with Crippen LogP contribution in [-0.2, 0) is 6.54 Å². The van der Waals surface area contributed by atoms with Crippen LogP contribution in [0.1, 0.15) is 5.56 Å². The summed E-state index contributed by atoms with van der Waals surface area (Å²) in [5.41, 5.74) is 0.752. The highest BCUT2D eigenvalue weighted by atomic mass is 35.5. The molecular weight excluding hydrogens is 315 g/mol. The fourth-order valence-corrected chi connectivity index (χ4v) is 2.19. The third kappa shape index (κ3) is 3.85. The fraction of sp³-hybridized carbons (Fsp3) is 0.143. The second-order valence-corrected chi connectivity index (χ2v) is 5.10. The molecule has 0 saturated carbocycles. The molecule has 0 aliphatic carbocycles. The van der Waals surface area contributed by atoms with Gasteiger partial charge in [-0.1, -0.05) is 29.3 Å². The van der Waals surface area contributed by atoms with Gasteiger partial charge in [0.2, 0.25) is 0 Å². The summed E-state index contributed by atoms with van der Waals surface area (Å²) in [5.74, 6) is 0.979. The molecule has 0 radical (unpaired) electrons. The van der Waals surface area contributed by atoms with Crippen LogP contribution in [0.4, 0.5) is 5.69 Å². The summed E-state index contributed by atoms with van der Waals surface area (Å²) in [4.78, 5) is 10.2. The molecule has 0 spiro atoms. The summed E-state index contributed by atoms with van der Waals surface area (Å²) in [6.45, 7) is 0.604. The van der Waals surface area contributed by atoms with Crippen molar-refractivity contribution in [1.82, 2.24) is 5.32 Å². The number of nitrogens with zero attached hydrogens (tertiary/aromatic N) is 1. The Hall–Kier alpha value is -1.82. The van der Waals surface area contributed by atoms with Gasteiger partial charge in [0.1, 0.15) is 16.5 Å². The maximum Gasteiger partial charge on any atom is 0.288 e. The molecule has 2 aromatic carbocycles. The summed E-state index contributed by atoms with van der Waals surface area (Å²) in [6.07, 6.45) is 0. The monoisotopic (exact) mass is 326 g/mol. The molecule has 2 rings (SSSR count). The smallest absolute Gasteiger partial charge is 0.288 e. The van der Waals surface area contributed by atoms with Gasteiger partial charge in [-0.15, -0.1) is 0 Å². The van der Waals surface area contributed by atoms with Crippen molar-refractivity contribution in [3.63, 3.8) is 0 Å². The Morgan fingerprint density at radius 2 is 2.00 bits per heavy atom. The highest BCUT2D eigenvalue weighted by Gasteiger charge is 2.14. The van der Waals surface area contributed by atoms with Gasteiger partial charge in [-0.05, 0) is 25.2 Å². The van der Waals surface area contributed by atoms with E-state index in [1.165, 1.54) is 18.2 Å². The first kappa shape index (κ1) is 15.6. The lowest BCUT2D eigenvalue weighted by molar-refractivity contribution is -0.384. The summed E-state index contributed by atoms with van der Waals surface area (Å²) >= 11 is 11.8. The zero-order chi connectivity index (χ0) is 15.4. The van der Waals surface area contributed by atoms with Crippen molar-refractivity contribution in [3.8, 4) is 11.5 Å². The van der Waals surface area contributed by atoms with Crippen molar-refractivity contribution in [3.05, 3.63) is 62.1 Å². The Morgan fingerprint density at radius 3 is 2.62 bits per heavy atom. The first-order valence-electron chi connectivity index (χ1n) is 6.06. The Labute approximate surface area is 131 Å². The quantitative estimate of drug-likeness (QED) is 0.652. The molecular formula is C14H12Cl2N2O3. The highest BCUT2D eigenvalue weighted by molar-refractivity contribution is 6.32. The van der Waals surface area contributed by atoms with Crippen molar-refractivity contribution in [1.29, 1.82) is 0 Å². The van der Waals surface area contributed by atoms with Crippen LogP contribution in [0.2, 0.25) is 10.0 Å². The largest absolute Gasteiger partial charge is 0.457 e. The molecule has 0 amide bonds. The minimum atomic E-state index is -0.544. The zero-order valence-electron chi connectivity index (χ0n) is 11.1. The van der Waals surface area contributed by atoms with Crippen LogP contribution in [0.15, 0.2) is 36.4 Å². The normalized spacial score (nSPS) is 10.4. The fourth-order valence-electron chi connectivity index (χ4n) is 1.79. The molecule has 2 aromatic rings. The predicted molar refractivity (Wildman–Crippen MR) is 82.4 cm³/mol. The lowest BCUT2D eigenvalue weighted by Gasteiger charge is -2.11. The van der Waals surface area contributed by atoms with E-state index in [0.29, 0.717) is 23.1 Å². The first-order chi connectivity index (χ1) is 10.0. The van der Waals surface area contributed by atoms with Crippen LogP contribution in [0.3, 0.4) is 0 Å². The zero-order valence-corrected chi connectivity index (χ0v) is 12.6. The molecule has 0 aromatic heterocycles. The number of benzene rings is 2. The van der Waals surface area contributed by atoms with E-state index >= 15 is 0 Å². The maximum atomic E-state index is 10.7. The summed E-state index contributed by atoms with van der Waals surface area (Å²) in [7, 11) is 1.82. The van der Waals surface area contributed by atoms with Crippen LogP contribution < -0.4 is 10.1 Å². The van der Waals surface area contributed by atoms with E-state index in [2.05, 4.69) is 5.32 Å². The van der Waals surface area contributed by atoms with Crippen molar-refractivity contribution in [2.45, 2.75) is 6.54 Å². The van der Waals surface area contributed by atoms with Crippen LogP contribution >= 0.6 is 23.2 Å². The number of nitro benzene ring substituents is 1. The predicted octanol–water partition coefficient (Wildman–Crippen LogP) is 4.41. The molecule has 0 saturated heterocycles. The van der Waals surface area contributed by atoms with Gasteiger partial charge < -0.3 is 10.1 Å². The molecule has 0 unspecified atom stereocenters. The molecule has 21 heavy (non-hydrogen) atoms. The standard InChI is InChI=1S/C14H12Cl2N2O3/c1-17-8-9-2-3-10(15)6-14(9)21-11-4-5-13(18(19)20)12(16)7-11/h2-7,17H,8H2,1H3. The number of rotatable bonds is 5. The maximum absolute atomic E-state index is 10.7. The number of ether oxygens (including phenoxy) is 1. The topological polar surface area (TPSA) is 64.4 Å². The van der Waals surface area contributed by atoms with Gasteiger partial charge in [0.05, 0.1) is 4.92 Å². The molecule has 110 valence electrons. The number of nitrogens with one attached hydrogen (secondary N) is 1. The van der Waals surface area contributed by atoms with Gasteiger partial charge in [0.15, 0.2) is 0 Å². The van der Waals surface area contributed by atoms with Crippen LogP contribution in [0, 0.1) is 10.1 Å². The molecule has 0 fully saturated rings. The second-order valence-electron chi connectivity index (χ2n) is 4.25. The molecule has 0 bridgehead atoms. The lowest BCUT2D eigenvalue weighted by Crippen LogP contribution is -2.06. The third-order valence-corrected chi connectivity index (χ3v) is 3.28. The molecule has 0 aliphatic rings. The van der Waals surface area contributed by atoms with Crippen LogP contribution in [0.25, 0.3) is 0 Å². The average molecular weight is 327 g/mol. The summed E-state index contributed by atoms with van der Waals surface area (Å²) in [6, 6.07) is 9.51. The Bertz CT molecular complexity index is 677. The summed E-state index contributed by atoms with van der Waals surface area (Å²) in [5, 5.41) is 14.3. The third-order valence-electron chi connectivity index (χ3n) is 2.74. The van der Waals surface area contributed by atoms with Crippen molar-refractivity contribution >= 4 is 28.9 Å². The van der Waals surface area contributed by atoms with Gasteiger partial charge in [-0.3, -0.25) is 10.1 Å². The van der Waals surface area contributed by atoms with E-state index in [0.717, 1.165) is 5.56 Å². The molecule has 1 N–H and O–H groups in total. The van der Waals surface area contributed by atoms with Crippen molar-refractivity contribution in [2.24, 2.45) is 0 Å². The summed E-state index contributed by atoms with van der Waals surface area (Å²) < 4.78 is 5.73. The van der Waals surface area contributed by atoms with E-state index in [9.17, 15) is 10.1 Å². The van der Waals surface area contributed by atoms with E-state index in [1.54, 1.807) is 12.1 Å². The van der Waals surface area contributed by atoms with E-state index in [-0.39, 0.29) is 10.7 Å². The van der Waals surface area contributed by atoms with Crippen LogP contribution in [0.5, 0.6) is 11.5 Å². The molecule has 0 heterocycles. The SMILES string of the molecule is CNCc1ccc(Cl)cc1Oc1ccc([N+](=O)[O-])c(Cl)c1. The van der Waals surface area contributed by atoms with Gasteiger partial charge >= 0.3 is 0 Å².